The van der Waals surface area contributed by atoms with Gasteiger partial charge in [0.15, 0.2) is 0 Å². The van der Waals surface area contributed by atoms with Gasteiger partial charge in [-0.15, -0.1) is 0 Å². The maximum absolute atomic E-state index is 9.36. The van der Waals surface area contributed by atoms with E-state index in [4.69, 9.17) is 5.10 Å². The second kappa shape index (κ2) is 8.50. The molecule has 2 heterocycles. The predicted molar refractivity (Wildman–Crippen MR) is 103 cm³/mol. The second-order valence-corrected chi connectivity index (χ2v) is 7.03. The van der Waals surface area contributed by atoms with E-state index in [1.807, 2.05) is 4.68 Å². The molecule has 1 saturated heterocycles. The maximum Gasteiger partial charge on any atom is 0.125 e. The number of anilines is 1. The van der Waals surface area contributed by atoms with Crippen molar-refractivity contribution in [1.29, 1.82) is 0 Å². The average Bonchev–Trinajstić information content (AvgIpc) is 3.01. The Hall–Kier alpha value is -1.85. The van der Waals surface area contributed by atoms with Crippen molar-refractivity contribution in [3.05, 3.63) is 35.9 Å². The minimum absolute atomic E-state index is 0.0959. The van der Waals surface area contributed by atoms with Gasteiger partial charge in [0.1, 0.15) is 5.82 Å². The average molecular weight is 342 g/mol. The molecule has 1 aromatic carbocycles. The highest BCUT2D eigenvalue weighted by atomic mass is 16.3. The molecule has 1 aromatic heterocycles. The topological polar surface area (TPSA) is 53.3 Å². The van der Waals surface area contributed by atoms with Gasteiger partial charge >= 0.3 is 0 Å². The van der Waals surface area contributed by atoms with E-state index in [0.29, 0.717) is 12.6 Å². The van der Waals surface area contributed by atoms with Crippen LogP contribution >= 0.6 is 0 Å². The molecular weight excluding hydrogens is 312 g/mol. The quantitative estimate of drug-likeness (QED) is 0.812. The molecule has 0 aliphatic carbocycles. The molecule has 0 amide bonds. The molecule has 3 rings (SSSR count). The molecule has 0 bridgehead atoms. The van der Waals surface area contributed by atoms with Crippen LogP contribution in [-0.2, 0) is 13.0 Å². The number of hydrogen-bond donors (Lipinski definition) is 2. The van der Waals surface area contributed by atoms with Crippen LogP contribution in [0.15, 0.2) is 30.3 Å². The summed E-state index contributed by atoms with van der Waals surface area (Å²) in [6, 6.07) is 11.3. The third-order valence-corrected chi connectivity index (χ3v) is 4.95. The SMILES string of the molecule is CCCc1ccc(-c2cc(NC3CCN(C)CC3)n(CCO)n2)cc1. The highest BCUT2D eigenvalue weighted by molar-refractivity contribution is 5.63. The molecule has 0 unspecified atom stereocenters. The lowest BCUT2D eigenvalue weighted by atomic mass is 10.1. The number of benzene rings is 1. The lowest BCUT2D eigenvalue weighted by molar-refractivity contribution is 0.260. The monoisotopic (exact) mass is 342 g/mol. The first-order valence-electron chi connectivity index (χ1n) is 9.42. The fraction of sp³-hybridized carbons (Fsp3) is 0.550. The molecule has 0 spiro atoms. The number of aliphatic hydroxyl groups excluding tert-OH is 1. The molecule has 5 nitrogen and oxygen atoms in total. The van der Waals surface area contributed by atoms with E-state index in [1.165, 1.54) is 5.56 Å². The first-order valence-corrected chi connectivity index (χ1v) is 9.42. The number of aromatic nitrogens is 2. The summed E-state index contributed by atoms with van der Waals surface area (Å²) in [5, 5.41) is 17.7. The van der Waals surface area contributed by atoms with Crippen molar-refractivity contribution in [2.75, 3.05) is 32.1 Å². The second-order valence-electron chi connectivity index (χ2n) is 7.03. The number of rotatable bonds is 7. The van der Waals surface area contributed by atoms with Gasteiger partial charge in [-0.1, -0.05) is 37.6 Å². The molecule has 2 aromatic rings. The molecule has 5 heteroatoms. The van der Waals surface area contributed by atoms with E-state index in [-0.39, 0.29) is 6.61 Å². The van der Waals surface area contributed by atoms with E-state index in [0.717, 1.165) is 55.8 Å². The molecule has 0 radical (unpaired) electrons. The molecule has 25 heavy (non-hydrogen) atoms. The van der Waals surface area contributed by atoms with E-state index < -0.39 is 0 Å². The van der Waals surface area contributed by atoms with Gasteiger partial charge < -0.3 is 15.3 Å². The summed E-state index contributed by atoms with van der Waals surface area (Å²) in [5.41, 5.74) is 3.46. The number of nitrogens with one attached hydrogen (secondary N) is 1. The van der Waals surface area contributed by atoms with Crippen LogP contribution in [0, 0.1) is 0 Å². The van der Waals surface area contributed by atoms with Gasteiger partial charge in [-0.25, -0.2) is 4.68 Å². The summed E-state index contributed by atoms with van der Waals surface area (Å²) in [5.74, 6) is 1.01. The van der Waals surface area contributed by atoms with Crippen molar-refractivity contribution in [3.8, 4) is 11.3 Å². The standard InChI is InChI=1S/C20H30N4O/c1-3-4-16-5-7-17(8-6-16)19-15-20(24(22-19)13-14-25)21-18-9-11-23(2)12-10-18/h5-8,15,18,21,25H,3-4,9-14H2,1-2H3. The molecule has 1 aliphatic heterocycles. The van der Waals surface area contributed by atoms with Gasteiger partial charge in [0.05, 0.1) is 18.8 Å². The van der Waals surface area contributed by atoms with Crippen molar-refractivity contribution in [2.24, 2.45) is 0 Å². The van der Waals surface area contributed by atoms with E-state index in [1.54, 1.807) is 0 Å². The van der Waals surface area contributed by atoms with E-state index >= 15 is 0 Å². The van der Waals surface area contributed by atoms with Gasteiger partial charge in [0, 0.05) is 17.7 Å². The maximum atomic E-state index is 9.36. The molecular formula is C20H30N4O. The van der Waals surface area contributed by atoms with Crippen molar-refractivity contribution in [3.63, 3.8) is 0 Å². The summed E-state index contributed by atoms with van der Waals surface area (Å²) in [6.45, 7) is 5.06. The predicted octanol–water partition coefficient (Wildman–Crippen LogP) is 3.00. The summed E-state index contributed by atoms with van der Waals surface area (Å²) >= 11 is 0. The van der Waals surface area contributed by atoms with Crippen LogP contribution in [0.2, 0.25) is 0 Å². The van der Waals surface area contributed by atoms with Gasteiger partial charge in [-0.3, -0.25) is 0 Å². The van der Waals surface area contributed by atoms with Gasteiger partial charge in [-0.2, -0.15) is 5.10 Å². The minimum atomic E-state index is 0.0959. The number of likely N-dealkylation sites (tertiary alicyclic amines) is 1. The zero-order valence-electron chi connectivity index (χ0n) is 15.4. The lowest BCUT2D eigenvalue weighted by Crippen LogP contribution is -2.37. The molecule has 2 N–H and O–H groups in total. The van der Waals surface area contributed by atoms with Crippen molar-refractivity contribution in [2.45, 2.75) is 45.2 Å². The van der Waals surface area contributed by atoms with E-state index in [9.17, 15) is 5.11 Å². The molecule has 1 fully saturated rings. The van der Waals surface area contributed by atoms with Crippen molar-refractivity contribution < 1.29 is 5.11 Å². The fourth-order valence-electron chi connectivity index (χ4n) is 3.43. The Kier molecular flexibility index (Phi) is 6.10. The van der Waals surface area contributed by atoms with Crippen molar-refractivity contribution in [1.82, 2.24) is 14.7 Å². The van der Waals surface area contributed by atoms with Crippen LogP contribution in [0.5, 0.6) is 0 Å². The summed E-state index contributed by atoms with van der Waals surface area (Å²) in [6.07, 6.45) is 4.56. The normalized spacial score (nSPS) is 16.3. The highest BCUT2D eigenvalue weighted by Crippen LogP contribution is 2.24. The highest BCUT2D eigenvalue weighted by Gasteiger charge is 2.18. The first kappa shape index (κ1) is 18.0. The Bertz CT molecular complexity index is 657. The van der Waals surface area contributed by atoms with Gasteiger partial charge in [-0.05, 0) is 45.0 Å². The smallest absolute Gasteiger partial charge is 0.125 e. The van der Waals surface area contributed by atoms with Crippen LogP contribution in [0.3, 0.4) is 0 Å². The lowest BCUT2D eigenvalue weighted by Gasteiger charge is -2.30. The molecule has 1 aliphatic rings. The zero-order chi connectivity index (χ0) is 17.6. The van der Waals surface area contributed by atoms with E-state index in [2.05, 4.69) is 54.5 Å². The number of nitrogens with zero attached hydrogens (tertiary/aromatic N) is 3. The minimum Gasteiger partial charge on any atom is -0.394 e. The molecule has 0 atom stereocenters. The first-order chi connectivity index (χ1) is 12.2. The third-order valence-electron chi connectivity index (χ3n) is 4.95. The Labute approximate surface area is 150 Å². The van der Waals surface area contributed by atoms with Crippen LogP contribution < -0.4 is 5.32 Å². The summed E-state index contributed by atoms with van der Waals surface area (Å²) in [4.78, 5) is 2.37. The van der Waals surface area contributed by atoms with Gasteiger partial charge in [0.2, 0.25) is 0 Å². The number of piperidine rings is 1. The zero-order valence-corrected chi connectivity index (χ0v) is 15.4. The Morgan fingerprint density at radius 3 is 2.56 bits per heavy atom. The molecule has 0 saturated carbocycles. The third kappa shape index (κ3) is 4.61. The Morgan fingerprint density at radius 2 is 1.92 bits per heavy atom. The summed E-state index contributed by atoms with van der Waals surface area (Å²) in [7, 11) is 2.17. The number of aryl methyl sites for hydroxylation is 1. The number of aliphatic hydroxyl groups is 1. The fourth-order valence-corrected chi connectivity index (χ4v) is 3.43. The Morgan fingerprint density at radius 1 is 1.20 bits per heavy atom. The largest absolute Gasteiger partial charge is 0.394 e. The Balaban J connectivity index is 1.76. The van der Waals surface area contributed by atoms with Crippen LogP contribution in [-0.4, -0.2) is 52.6 Å². The number of hydrogen-bond acceptors (Lipinski definition) is 4. The van der Waals surface area contributed by atoms with Crippen LogP contribution in [0.25, 0.3) is 11.3 Å². The molecule has 136 valence electrons. The van der Waals surface area contributed by atoms with Crippen molar-refractivity contribution >= 4 is 5.82 Å². The van der Waals surface area contributed by atoms with Crippen LogP contribution in [0.4, 0.5) is 5.82 Å². The van der Waals surface area contributed by atoms with Crippen LogP contribution in [0.1, 0.15) is 31.7 Å². The summed E-state index contributed by atoms with van der Waals surface area (Å²) < 4.78 is 1.90. The van der Waals surface area contributed by atoms with Gasteiger partial charge in [0.25, 0.3) is 0 Å².